The number of amides is 1. The van der Waals surface area contributed by atoms with Gasteiger partial charge in [0.15, 0.2) is 0 Å². The zero-order chi connectivity index (χ0) is 52.2. The molecule has 0 saturated heterocycles. The van der Waals surface area contributed by atoms with Crippen molar-refractivity contribution in [3.05, 3.63) is 48.6 Å². The number of carbonyl (C=O) groups is 2. The van der Waals surface area contributed by atoms with Crippen LogP contribution in [0.25, 0.3) is 0 Å². The van der Waals surface area contributed by atoms with Gasteiger partial charge in [0, 0.05) is 12.8 Å². The van der Waals surface area contributed by atoms with Gasteiger partial charge in [0.25, 0.3) is 0 Å². The van der Waals surface area contributed by atoms with Gasteiger partial charge >= 0.3 is 5.97 Å². The van der Waals surface area contributed by atoms with E-state index in [9.17, 15) is 19.8 Å². The minimum atomic E-state index is -0.672. The second-order valence-electron chi connectivity index (χ2n) is 21.7. The zero-order valence-electron chi connectivity index (χ0n) is 48.2. The van der Waals surface area contributed by atoms with Crippen molar-refractivity contribution in [2.75, 3.05) is 13.2 Å². The van der Waals surface area contributed by atoms with Crippen LogP contribution in [0, 0.1) is 0 Å². The van der Waals surface area contributed by atoms with Crippen LogP contribution in [0.4, 0.5) is 0 Å². The number of aliphatic hydroxyl groups excluding tert-OH is 2. The second-order valence-corrected chi connectivity index (χ2v) is 21.7. The fraction of sp³-hybridized carbons (Fsp3) is 0.848. The Labute approximate surface area is 448 Å². The summed E-state index contributed by atoms with van der Waals surface area (Å²) in [6.07, 6.45) is 78.3. The molecule has 2 unspecified atom stereocenters. The Morgan fingerprint density at radius 3 is 1.10 bits per heavy atom. The van der Waals surface area contributed by atoms with Crippen LogP contribution >= 0.6 is 0 Å². The van der Waals surface area contributed by atoms with Gasteiger partial charge in [-0.15, -0.1) is 0 Å². The first-order valence-electron chi connectivity index (χ1n) is 31.9. The molecule has 0 aliphatic rings. The van der Waals surface area contributed by atoms with E-state index in [1.54, 1.807) is 0 Å². The zero-order valence-corrected chi connectivity index (χ0v) is 48.2. The van der Waals surface area contributed by atoms with Gasteiger partial charge < -0.3 is 20.3 Å². The van der Waals surface area contributed by atoms with E-state index >= 15 is 0 Å². The number of unbranched alkanes of at least 4 members (excludes halogenated alkanes) is 40. The van der Waals surface area contributed by atoms with Crippen molar-refractivity contribution in [3.63, 3.8) is 0 Å². The lowest BCUT2D eigenvalue weighted by atomic mass is 10.0. The van der Waals surface area contributed by atoms with Crippen molar-refractivity contribution in [2.24, 2.45) is 0 Å². The van der Waals surface area contributed by atoms with E-state index in [1.165, 1.54) is 231 Å². The molecule has 0 saturated carbocycles. The predicted molar refractivity (Wildman–Crippen MR) is 315 cm³/mol. The van der Waals surface area contributed by atoms with E-state index in [2.05, 4.69) is 67.8 Å². The van der Waals surface area contributed by atoms with Gasteiger partial charge in [-0.25, -0.2) is 0 Å². The molecule has 0 bridgehead atoms. The molecule has 72 heavy (non-hydrogen) atoms. The fourth-order valence-electron chi connectivity index (χ4n) is 9.69. The van der Waals surface area contributed by atoms with Crippen molar-refractivity contribution < 1.29 is 24.5 Å². The summed E-state index contributed by atoms with van der Waals surface area (Å²) in [7, 11) is 0. The van der Waals surface area contributed by atoms with Crippen LogP contribution < -0.4 is 5.32 Å². The van der Waals surface area contributed by atoms with Crippen molar-refractivity contribution in [2.45, 2.75) is 347 Å². The molecule has 1 amide bonds. The highest BCUT2D eigenvalue weighted by Crippen LogP contribution is 2.17. The summed E-state index contributed by atoms with van der Waals surface area (Å²) in [6, 6.07) is -0.551. The van der Waals surface area contributed by atoms with Crippen molar-refractivity contribution in [3.8, 4) is 0 Å². The number of ether oxygens (including phenoxy) is 1. The Morgan fingerprint density at radius 2 is 0.708 bits per heavy atom. The molecule has 0 spiro atoms. The normalized spacial score (nSPS) is 12.9. The molecule has 0 aromatic rings. The van der Waals surface area contributed by atoms with E-state index in [4.69, 9.17) is 4.74 Å². The molecule has 3 N–H and O–H groups in total. The van der Waals surface area contributed by atoms with E-state index in [1.807, 2.05) is 0 Å². The number of aliphatic hydroxyl groups is 2. The number of allylic oxidation sites excluding steroid dienone is 8. The standard InChI is InChI=1S/C66H123NO5/c1-3-5-7-9-11-13-15-17-19-20-28-31-34-38-42-46-50-54-58-64(69)63(62-68)67-65(70)59-55-51-47-43-39-35-32-29-26-24-22-21-23-25-27-30-33-37-41-45-49-53-57-61-72-66(71)60-56-52-48-44-40-36-18-16-14-12-10-8-6-4-2/h10,12,16,18,21,23-24,26,63-64,68-69H,3-9,11,13-15,17,19-20,22,25,27-62H2,1-2H3,(H,67,70)/b12-10-,18-16-,23-21-,26-24-. The van der Waals surface area contributed by atoms with Gasteiger partial charge in [-0.1, -0.05) is 287 Å². The van der Waals surface area contributed by atoms with Gasteiger partial charge in [0.05, 0.1) is 25.4 Å². The number of hydrogen-bond donors (Lipinski definition) is 3. The van der Waals surface area contributed by atoms with Crippen LogP contribution in [0.3, 0.4) is 0 Å². The third-order valence-electron chi connectivity index (χ3n) is 14.6. The largest absolute Gasteiger partial charge is 0.466 e. The topological polar surface area (TPSA) is 95.9 Å². The Balaban J connectivity index is 3.46. The van der Waals surface area contributed by atoms with E-state index in [0.29, 0.717) is 25.9 Å². The van der Waals surface area contributed by atoms with Gasteiger partial charge in [0.2, 0.25) is 5.91 Å². The Kier molecular flexibility index (Phi) is 59.5. The summed E-state index contributed by atoms with van der Waals surface area (Å²) in [5.74, 6) is -0.0514. The third-order valence-corrected chi connectivity index (χ3v) is 14.6. The molecule has 0 heterocycles. The highest BCUT2D eigenvalue weighted by molar-refractivity contribution is 5.76. The van der Waals surface area contributed by atoms with Crippen molar-refractivity contribution in [1.82, 2.24) is 5.32 Å². The van der Waals surface area contributed by atoms with Crippen LogP contribution in [-0.2, 0) is 14.3 Å². The van der Waals surface area contributed by atoms with Gasteiger partial charge in [0.1, 0.15) is 0 Å². The Morgan fingerprint density at radius 1 is 0.389 bits per heavy atom. The molecule has 0 aromatic heterocycles. The molecule has 0 rings (SSSR count). The first-order chi connectivity index (χ1) is 35.5. The number of carbonyl (C=O) groups excluding carboxylic acids is 2. The molecule has 0 aromatic carbocycles. The smallest absolute Gasteiger partial charge is 0.305 e. The molecule has 0 aliphatic heterocycles. The van der Waals surface area contributed by atoms with E-state index in [-0.39, 0.29) is 18.5 Å². The highest BCUT2D eigenvalue weighted by Gasteiger charge is 2.20. The average molecular weight is 1010 g/mol. The monoisotopic (exact) mass is 1010 g/mol. The Bertz CT molecular complexity index is 1210. The lowest BCUT2D eigenvalue weighted by Gasteiger charge is -2.22. The molecule has 422 valence electrons. The number of nitrogens with one attached hydrogen (secondary N) is 1. The summed E-state index contributed by atoms with van der Waals surface area (Å²) < 4.78 is 5.47. The number of esters is 1. The van der Waals surface area contributed by atoms with Crippen molar-refractivity contribution >= 4 is 11.9 Å². The molecular formula is C66H123NO5. The predicted octanol–water partition coefficient (Wildman–Crippen LogP) is 20.1. The summed E-state index contributed by atoms with van der Waals surface area (Å²) in [5, 5.41) is 23.3. The highest BCUT2D eigenvalue weighted by atomic mass is 16.5. The first kappa shape index (κ1) is 69.8. The van der Waals surface area contributed by atoms with Gasteiger partial charge in [-0.2, -0.15) is 0 Å². The first-order valence-corrected chi connectivity index (χ1v) is 31.9. The number of rotatable bonds is 59. The molecular weight excluding hydrogens is 887 g/mol. The summed E-state index contributed by atoms with van der Waals surface area (Å²) in [5.41, 5.74) is 0. The second kappa shape index (κ2) is 61.4. The molecule has 6 nitrogen and oxygen atoms in total. The maximum atomic E-state index is 12.5. The van der Waals surface area contributed by atoms with Crippen LogP contribution in [-0.4, -0.2) is 47.4 Å². The maximum absolute atomic E-state index is 12.5. The van der Waals surface area contributed by atoms with E-state index in [0.717, 1.165) is 70.6 Å². The van der Waals surface area contributed by atoms with E-state index < -0.39 is 12.1 Å². The minimum Gasteiger partial charge on any atom is -0.466 e. The summed E-state index contributed by atoms with van der Waals surface area (Å²) in [6.45, 7) is 4.91. The maximum Gasteiger partial charge on any atom is 0.305 e. The SMILES string of the molecule is CCCC/C=C\C/C=C\CCCCCCCC(=O)OCCCCCCCCCCC/C=C\C/C=C\CCCCCCCCCC(=O)NC(CO)C(O)CCCCCCCCCCCCCCCCCCCC. The molecule has 0 aliphatic carbocycles. The fourth-order valence-corrected chi connectivity index (χ4v) is 9.69. The average Bonchev–Trinajstić information content (AvgIpc) is 3.38. The number of hydrogen-bond acceptors (Lipinski definition) is 5. The lowest BCUT2D eigenvalue weighted by molar-refractivity contribution is -0.143. The van der Waals surface area contributed by atoms with Crippen LogP contribution in [0.2, 0.25) is 0 Å². The molecule has 2 atom stereocenters. The lowest BCUT2D eigenvalue weighted by Crippen LogP contribution is -2.45. The summed E-state index contributed by atoms with van der Waals surface area (Å²) in [4.78, 5) is 24.5. The Hall–Kier alpha value is -2.18. The third kappa shape index (κ3) is 57.1. The quantitative estimate of drug-likeness (QED) is 0.0320. The molecule has 0 fully saturated rings. The van der Waals surface area contributed by atoms with Crippen LogP contribution in [0.1, 0.15) is 335 Å². The molecule has 6 heteroatoms. The molecule has 0 radical (unpaired) electrons. The van der Waals surface area contributed by atoms with Crippen LogP contribution in [0.5, 0.6) is 0 Å². The van der Waals surface area contributed by atoms with Gasteiger partial charge in [-0.05, 0) is 83.5 Å². The van der Waals surface area contributed by atoms with Crippen molar-refractivity contribution in [1.29, 1.82) is 0 Å². The minimum absolute atomic E-state index is 0.00769. The summed E-state index contributed by atoms with van der Waals surface area (Å²) >= 11 is 0. The van der Waals surface area contributed by atoms with Gasteiger partial charge in [-0.3, -0.25) is 9.59 Å². The van der Waals surface area contributed by atoms with Crippen LogP contribution in [0.15, 0.2) is 48.6 Å².